The Hall–Kier alpha value is -2.30. The largest absolute Gasteiger partial charge is 0.465 e. The van der Waals surface area contributed by atoms with Gasteiger partial charge in [-0.3, -0.25) is 4.79 Å². The highest BCUT2D eigenvalue weighted by atomic mass is 16.5. The molecule has 2 aromatic rings. The van der Waals surface area contributed by atoms with Crippen molar-refractivity contribution in [1.29, 1.82) is 0 Å². The zero-order valence-electron chi connectivity index (χ0n) is 9.34. The molecule has 17 heavy (non-hydrogen) atoms. The lowest BCUT2D eigenvalue weighted by molar-refractivity contribution is -0.118. The monoisotopic (exact) mass is 232 g/mol. The van der Waals surface area contributed by atoms with Crippen LogP contribution in [0.3, 0.4) is 0 Å². The van der Waals surface area contributed by atoms with Crippen LogP contribution in [0.5, 0.6) is 0 Å². The number of carbonyl (C=O) groups excluding carboxylic acids is 2. The second-order valence-electron chi connectivity index (χ2n) is 3.65. The summed E-state index contributed by atoms with van der Waals surface area (Å²) in [6.07, 6.45) is 1.58. The lowest BCUT2D eigenvalue weighted by Gasteiger charge is -2.00. The third kappa shape index (κ3) is 1.99. The molecule has 1 aromatic carbocycles. The van der Waals surface area contributed by atoms with Crippen molar-refractivity contribution in [2.45, 2.75) is 6.54 Å². The van der Waals surface area contributed by atoms with E-state index in [4.69, 9.17) is 10.5 Å². The van der Waals surface area contributed by atoms with Crippen LogP contribution in [-0.4, -0.2) is 23.6 Å². The highest BCUT2D eigenvalue weighted by Crippen LogP contribution is 2.21. The average Bonchev–Trinajstić information content (AvgIpc) is 2.67. The predicted molar refractivity (Wildman–Crippen MR) is 62.5 cm³/mol. The number of esters is 1. The van der Waals surface area contributed by atoms with E-state index in [2.05, 4.69) is 0 Å². The van der Waals surface area contributed by atoms with Crippen LogP contribution >= 0.6 is 0 Å². The van der Waals surface area contributed by atoms with Crippen molar-refractivity contribution >= 4 is 22.8 Å². The molecule has 0 saturated heterocycles. The maximum absolute atomic E-state index is 11.6. The van der Waals surface area contributed by atoms with Gasteiger partial charge >= 0.3 is 5.97 Å². The van der Waals surface area contributed by atoms with E-state index in [0.29, 0.717) is 5.56 Å². The van der Waals surface area contributed by atoms with Gasteiger partial charge in [0, 0.05) is 17.1 Å². The van der Waals surface area contributed by atoms with E-state index in [1.165, 1.54) is 7.11 Å². The minimum absolute atomic E-state index is 0.0392. The summed E-state index contributed by atoms with van der Waals surface area (Å²) >= 11 is 0. The van der Waals surface area contributed by atoms with Crippen LogP contribution in [0.2, 0.25) is 0 Å². The number of nitrogens with two attached hydrogens (primary N) is 1. The fourth-order valence-corrected chi connectivity index (χ4v) is 1.82. The molecule has 0 aliphatic carbocycles. The molecule has 0 radical (unpaired) electrons. The number of fused-ring (bicyclic) bond motifs is 1. The first-order valence-corrected chi connectivity index (χ1v) is 5.08. The highest BCUT2D eigenvalue weighted by molar-refractivity contribution is 6.04. The fourth-order valence-electron chi connectivity index (χ4n) is 1.82. The third-order valence-electron chi connectivity index (χ3n) is 2.52. The van der Waals surface area contributed by atoms with E-state index >= 15 is 0 Å². The van der Waals surface area contributed by atoms with Crippen molar-refractivity contribution in [2.24, 2.45) is 5.73 Å². The normalized spacial score (nSPS) is 10.4. The van der Waals surface area contributed by atoms with Crippen LogP contribution in [0.25, 0.3) is 10.9 Å². The maximum Gasteiger partial charge on any atom is 0.340 e. The molecule has 88 valence electrons. The number of nitrogens with zero attached hydrogens (tertiary/aromatic N) is 1. The van der Waals surface area contributed by atoms with Crippen LogP contribution in [-0.2, 0) is 16.1 Å². The van der Waals surface area contributed by atoms with Gasteiger partial charge in [0.1, 0.15) is 6.54 Å². The lowest BCUT2D eigenvalue weighted by atomic mass is 10.2. The second-order valence-corrected chi connectivity index (χ2v) is 3.65. The van der Waals surface area contributed by atoms with Gasteiger partial charge in [0.25, 0.3) is 0 Å². The number of aromatic nitrogens is 1. The molecule has 0 spiro atoms. The Kier molecular flexibility index (Phi) is 2.82. The van der Waals surface area contributed by atoms with E-state index in [0.717, 1.165) is 10.9 Å². The Morgan fingerprint density at radius 3 is 2.71 bits per heavy atom. The minimum Gasteiger partial charge on any atom is -0.465 e. The molecule has 2 rings (SSSR count). The Bertz CT molecular complexity index is 586. The van der Waals surface area contributed by atoms with Gasteiger partial charge in [-0.05, 0) is 6.07 Å². The Morgan fingerprint density at radius 2 is 2.06 bits per heavy atom. The Labute approximate surface area is 97.8 Å². The van der Waals surface area contributed by atoms with Gasteiger partial charge in [0.2, 0.25) is 5.91 Å². The summed E-state index contributed by atoms with van der Waals surface area (Å²) in [5.41, 5.74) is 6.38. The quantitative estimate of drug-likeness (QED) is 0.799. The summed E-state index contributed by atoms with van der Waals surface area (Å²) in [7, 11) is 1.32. The second kappa shape index (κ2) is 4.29. The van der Waals surface area contributed by atoms with E-state index < -0.39 is 11.9 Å². The average molecular weight is 232 g/mol. The summed E-state index contributed by atoms with van der Waals surface area (Å²) in [5.74, 6) is -0.883. The number of hydrogen-bond donors (Lipinski definition) is 1. The summed E-state index contributed by atoms with van der Waals surface area (Å²) in [6.45, 7) is 0.0392. The topological polar surface area (TPSA) is 74.3 Å². The van der Waals surface area contributed by atoms with Crippen LogP contribution in [0.15, 0.2) is 30.5 Å². The number of carbonyl (C=O) groups is 2. The molecule has 5 nitrogen and oxygen atoms in total. The van der Waals surface area contributed by atoms with Gasteiger partial charge in [-0.1, -0.05) is 18.2 Å². The number of methoxy groups -OCH3 is 1. The molecular formula is C12H12N2O3. The number of ether oxygens (including phenoxy) is 1. The van der Waals surface area contributed by atoms with E-state index in [1.807, 2.05) is 18.2 Å². The van der Waals surface area contributed by atoms with E-state index in [9.17, 15) is 9.59 Å². The molecule has 0 bridgehead atoms. The number of primary amides is 1. The van der Waals surface area contributed by atoms with Crippen molar-refractivity contribution in [3.63, 3.8) is 0 Å². The standard InChI is InChI=1S/C12H12N2O3/c1-17-12(16)9-6-14(7-11(13)15)10-5-3-2-4-8(9)10/h2-6H,7H2,1H3,(H2,13,15). The van der Waals surface area contributed by atoms with Crippen molar-refractivity contribution in [3.8, 4) is 0 Å². The minimum atomic E-state index is -0.456. The molecule has 0 saturated carbocycles. The van der Waals surface area contributed by atoms with Gasteiger partial charge in [-0.15, -0.1) is 0 Å². The first-order chi connectivity index (χ1) is 8.13. The third-order valence-corrected chi connectivity index (χ3v) is 2.52. The molecule has 0 aliphatic heterocycles. The number of rotatable bonds is 3. The summed E-state index contributed by atoms with van der Waals surface area (Å²) in [5, 5.41) is 0.751. The highest BCUT2D eigenvalue weighted by Gasteiger charge is 2.15. The molecule has 2 N–H and O–H groups in total. The summed E-state index contributed by atoms with van der Waals surface area (Å²) in [6, 6.07) is 7.29. The number of hydrogen-bond acceptors (Lipinski definition) is 3. The summed E-state index contributed by atoms with van der Waals surface area (Å²) < 4.78 is 6.34. The number of para-hydroxylation sites is 1. The lowest BCUT2D eigenvalue weighted by Crippen LogP contribution is -2.18. The smallest absolute Gasteiger partial charge is 0.340 e. The van der Waals surface area contributed by atoms with E-state index in [1.54, 1.807) is 16.8 Å². The molecule has 0 unspecified atom stereocenters. The Morgan fingerprint density at radius 1 is 1.35 bits per heavy atom. The van der Waals surface area contributed by atoms with Gasteiger partial charge in [-0.2, -0.15) is 0 Å². The molecule has 1 amide bonds. The van der Waals surface area contributed by atoms with Crippen LogP contribution in [0, 0.1) is 0 Å². The van der Waals surface area contributed by atoms with Gasteiger partial charge < -0.3 is 15.0 Å². The van der Waals surface area contributed by atoms with Crippen molar-refractivity contribution in [2.75, 3.05) is 7.11 Å². The molecule has 0 atom stereocenters. The van der Waals surface area contributed by atoms with E-state index in [-0.39, 0.29) is 6.54 Å². The molecule has 5 heteroatoms. The van der Waals surface area contributed by atoms with Gasteiger partial charge in [0.05, 0.1) is 12.7 Å². The number of benzene rings is 1. The van der Waals surface area contributed by atoms with Crippen LogP contribution in [0.4, 0.5) is 0 Å². The first kappa shape index (κ1) is 11.2. The van der Waals surface area contributed by atoms with Gasteiger partial charge in [0.15, 0.2) is 0 Å². The van der Waals surface area contributed by atoms with Crippen molar-refractivity contribution in [1.82, 2.24) is 4.57 Å². The molecule has 0 aliphatic rings. The number of amides is 1. The zero-order valence-corrected chi connectivity index (χ0v) is 9.34. The molecule has 0 fully saturated rings. The van der Waals surface area contributed by atoms with Crippen molar-refractivity contribution < 1.29 is 14.3 Å². The van der Waals surface area contributed by atoms with Crippen LogP contribution in [0.1, 0.15) is 10.4 Å². The molecule has 1 heterocycles. The first-order valence-electron chi connectivity index (χ1n) is 5.08. The zero-order chi connectivity index (χ0) is 12.4. The van der Waals surface area contributed by atoms with Crippen LogP contribution < -0.4 is 5.73 Å². The Balaban J connectivity index is 2.62. The summed E-state index contributed by atoms with van der Waals surface area (Å²) in [4.78, 5) is 22.5. The maximum atomic E-state index is 11.6. The SMILES string of the molecule is COC(=O)c1cn(CC(N)=O)c2ccccc12. The molecular weight excluding hydrogens is 220 g/mol. The fraction of sp³-hybridized carbons (Fsp3) is 0.167. The molecule has 1 aromatic heterocycles. The predicted octanol–water partition coefficient (Wildman–Crippen LogP) is 0.913. The van der Waals surface area contributed by atoms with Gasteiger partial charge in [-0.25, -0.2) is 4.79 Å². The van der Waals surface area contributed by atoms with Crippen molar-refractivity contribution in [3.05, 3.63) is 36.0 Å².